The van der Waals surface area contributed by atoms with E-state index < -0.39 is 5.97 Å². The molecule has 0 fully saturated rings. The third-order valence-electron chi connectivity index (χ3n) is 6.36. The van der Waals surface area contributed by atoms with E-state index >= 15 is 0 Å². The molecule has 0 saturated carbocycles. The zero-order valence-corrected chi connectivity index (χ0v) is 22.9. The maximum atomic E-state index is 11.5. The van der Waals surface area contributed by atoms with Gasteiger partial charge in [0.2, 0.25) is 0 Å². The number of aromatic amines is 1. The fourth-order valence-corrected chi connectivity index (χ4v) is 5.04. The van der Waals surface area contributed by atoms with E-state index in [4.69, 9.17) is 15.8 Å². The van der Waals surface area contributed by atoms with E-state index in [-0.39, 0.29) is 0 Å². The van der Waals surface area contributed by atoms with Crippen molar-refractivity contribution < 1.29 is 14.1 Å². The van der Waals surface area contributed by atoms with Gasteiger partial charge in [0.15, 0.2) is 0 Å². The first kappa shape index (κ1) is 25.9. The molecule has 0 aliphatic heterocycles. The molecule has 5 nitrogen and oxygen atoms in total. The quantitative estimate of drug-likeness (QED) is 0.153. The van der Waals surface area contributed by atoms with E-state index in [2.05, 4.69) is 41.4 Å². The van der Waals surface area contributed by atoms with Crippen molar-refractivity contribution in [2.45, 2.75) is 13.3 Å². The van der Waals surface area contributed by atoms with Gasteiger partial charge in [-0.05, 0) is 71.1 Å². The Hall–Kier alpha value is -3.71. The number of halogens is 1. The Bertz CT molecular complexity index is 1610. The molecule has 0 unspecified atom stereocenters. The van der Waals surface area contributed by atoms with Crippen LogP contribution in [0.15, 0.2) is 84.9 Å². The van der Waals surface area contributed by atoms with Gasteiger partial charge >= 0.3 is 5.97 Å². The summed E-state index contributed by atoms with van der Waals surface area (Å²) >= 11 is 7.99. The lowest BCUT2D eigenvalue weighted by Crippen LogP contribution is -2.01. The summed E-state index contributed by atoms with van der Waals surface area (Å²) in [5.41, 5.74) is 8.20. The van der Waals surface area contributed by atoms with E-state index in [0.29, 0.717) is 17.0 Å². The molecular weight excluding hydrogens is 516 g/mol. The van der Waals surface area contributed by atoms with Crippen molar-refractivity contribution in [3.05, 3.63) is 112 Å². The van der Waals surface area contributed by atoms with E-state index in [1.807, 2.05) is 67.8 Å². The highest BCUT2D eigenvalue weighted by molar-refractivity contribution is 7.92. The number of aromatic carboxylic acids is 1. The van der Waals surface area contributed by atoms with Crippen LogP contribution >= 0.6 is 23.8 Å². The van der Waals surface area contributed by atoms with Gasteiger partial charge in [0.05, 0.1) is 10.6 Å². The molecule has 5 rings (SSSR count). The molecule has 7 heteroatoms. The lowest BCUT2D eigenvalue weighted by molar-refractivity contribution is 0.0696. The van der Waals surface area contributed by atoms with Crippen LogP contribution in [0.2, 0.25) is 5.02 Å². The number of aryl methyl sites for hydroxylation is 1. The van der Waals surface area contributed by atoms with Gasteiger partial charge in [-0.25, -0.2) is 9.10 Å². The summed E-state index contributed by atoms with van der Waals surface area (Å²) in [7, 11) is 3.87. The molecule has 38 heavy (non-hydrogen) atoms. The Labute approximate surface area is 231 Å². The first-order chi connectivity index (χ1) is 18.3. The molecule has 0 amide bonds. The Kier molecular flexibility index (Phi) is 7.47. The van der Waals surface area contributed by atoms with Gasteiger partial charge in [-0.15, -0.1) is 0 Å². The third kappa shape index (κ3) is 5.73. The van der Waals surface area contributed by atoms with E-state index in [1.165, 1.54) is 12.2 Å². The maximum absolute atomic E-state index is 11.5. The summed E-state index contributed by atoms with van der Waals surface area (Å²) < 4.78 is 7.53. The van der Waals surface area contributed by atoms with Gasteiger partial charge in [0.25, 0.3) is 0 Å². The van der Waals surface area contributed by atoms with Crippen LogP contribution in [0.25, 0.3) is 33.2 Å². The molecule has 4 aromatic carbocycles. The fourth-order valence-electron chi connectivity index (χ4n) is 4.42. The van der Waals surface area contributed by atoms with Gasteiger partial charge in [-0.3, -0.25) is 0 Å². The van der Waals surface area contributed by atoms with Crippen LogP contribution in [-0.4, -0.2) is 34.5 Å². The second kappa shape index (κ2) is 11.0. The zero-order chi connectivity index (χ0) is 26.8. The number of fused-ring (bicyclic) bond motifs is 1. The van der Waals surface area contributed by atoms with Crippen LogP contribution in [0.4, 0.5) is 0 Å². The summed E-state index contributed by atoms with van der Waals surface area (Å²) in [6.45, 7) is 1.81. The van der Waals surface area contributed by atoms with Crippen molar-refractivity contribution in [1.29, 1.82) is 0 Å². The number of carboxylic acids is 1. The van der Waals surface area contributed by atoms with Crippen LogP contribution in [0, 0.1) is 6.92 Å². The molecule has 1 heterocycles. The summed E-state index contributed by atoms with van der Waals surface area (Å²) in [6.07, 6.45) is 0.606. The SMILES string of the molecule is Cc1ccc(Cc2cc3cc(-c4ccc(-c5ccc(OSN(C)C)cc5)cc4)c(Cl)cc3[nH]2)cc1C(=O)O. The first-order valence-electron chi connectivity index (χ1n) is 12.1. The Morgan fingerprint density at radius 3 is 2.24 bits per heavy atom. The Morgan fingerprint density at radius 2 is 1.58 bits per heavy atom. The van der Waals surface area contributed by atoms with Crippen LogP contribution in [0.3, 0.4) is 0 Å². The predicted molar refractivity (Wildman–Crippen MR) is 157 cm³/mol. The molecule has 0 saturated heterocycles. The van der Waals surface area contributed by atoms with Crippen molar-refractivity contribution in [3.63, 3.8) is 0 Å². The number of hydrogen-bond acceptors (Lipinski definition) is 4. The van der Waals surface area contributed by atoms with Crippen LogP contribution in [0.5, 0.6) is 5.75 Å². The number of aromatic nitrogens is 1. The van der Waals surface area contributed by atoms with Gasteiger partial charge in [0, 0.05) is 42.7 Å². The molecule has 1 aromatic heterocycles. The summed E-state index contributed by atoms with van der Waals surface area (Å²) in [5, 5.41) is 11.2. The third-order valence-corrected chi connectivity index (χ3v) is 7.24. The molecular formula is C31H27ClN2O3S. The molecule has 0 bridgehead atoms. The van der Waals surface area contributed by atoms with Crippen molar-refractivity contribution in [1.82, 2.24) is 9.29 Å². The monoisotopic (exact) mass is 542 g/mol. The molecule has 2 N–H and O–H groups in total. The molecule has 0 spiro atoms. The molecule has 192 valence electrons. The van der Waals surface area contributed by atoms with Gasteiger partial charge in [-0.2, -0.15) is 0 Å². The van der Waals surface area contributed by atoms with Crippen LogP contribution in [0.1, 0.15) is 27.2 Å². The second-order valence-electron chi connectivity index (χ2n) is 9.42. The highest BCUT2D eigenvalue weighted by Crippen LogP contribution is 2.34. The largest absolute Gasteiger partial charge is 0.478 e. The number of nitrogens with one attached hydrogen (secondary N) is 1. The van der Waals surface area contributed by atoms with E-state index in [0.717, 1.165) is 55.7 Å². The second-order valence-corrected chi connectivity index (χ2v) is 10.9. The number of carboxylic acid groups (broad SMARTS) is 1. The number of benzene rings is 4. The molecule has 0 atom stereocenters. The highest BCUT2D eigenvalue weighted by Gasteiger charge is 2.12. The number of rotatable bonds is 8. The van der Waals surface area contributed by atoms with Gasteiger partial charge in [-0.1, -0.05) is 60.1 Å². The minimum atomic E-state index is -0.909. The Morgan fingerprint density at radius 1 is 0.921 bits per heavy atom. The number of hydrogen-bond donors (Lipinski definition) is 2. The van der Waals surface area contributed by atoms with Crippen LogP contribution in [-0.2, 0) is 6.42 Å². The zero-order valence-electron chi connectivity index (χ0n) is 21.3. The molecule has 5 aromatic rings. The fraction of sp³-hybridized carbons (Fsp3) is 0.129. The summed E-state index contributed by atoms with van der Waals surface area (Å²) in [5.74, 6) is -0.103. The predicted octanol–water partition coefficient (Wildman–Crippen LogP) is 8.26. The number of H-pyrrole nitrogens is 1. The van der Waals surface area contributed by atoms with Crippen molar-refractivity contribution in [2.75, 3.05) is 14.1 Å². The lowest BCUT2D eigenvalue weighted by atomic mass is 9.99. The number of nitrogens with zero attached hydrogens (tertiary/aromatic N) is 1. The van der Waals surface area contributed by atoms with Crippen LogP contribution < -0.4 is 4.18 Å². The summed E-state index contributed by atoms with van der Waals surface area (Å²) in [6, 6.07) is 28.1. The topological polar surface area (TPSA) is 65.6 Å². The summed E-state index contributed by atoms with van der Waals surface area (Å²) in [4.78, 5) is 14.9. The van der Waals surface area contributed by atoms with E-state index in [1.54, 1.807) is 6.07 Å². The van der Waals surface area contributed by atoms with Crippen molar-refractivity contribution in [3.8, 4) is 28.0 Å². The normalized spacial score (nSPS) is 11.3. The minimum Gasteiger partial charge on any atom is -0.478 e. The average Bonchev–Trinajstić information content (AvgIpc) is 3.29. The highest BCUT2D eigenvalue weighted by atomic mass is 35.5. The van der Waals surface area contributed by atoms with Crippen molar-refractivity contribution in [2.24, 2.45) is 0 Å². The first-order valence-corrected chi connectivity index (χ1v) is 13.2. The molecule has 0 radical (unpaired) electrons. The van der Waals surface area contributed by atoms with E-state index in [9.17, 15) is 9.90 Å². The molecule has 0 aliphatic carbocycles. The Balaban J connectivity index is 1.36. The lowest BCUT2D eigenvalue weighted by Gasteiger charge is -2.10. The van der Waals surface area contributed by atoms with Crippen molar-refractivity contribution >= 4 is 40.7 Å². The number of carbonyl (C=O) groups is 1. The molecule has 0 aliphatic rings. The maximum Gasteiger partial charge on any atom is 0.335 e. The van der Waals surface area contributed by atoms with Gasteiger partial charge in [0.1, 0.15) is 18.0 Å². The smallest absolute Gasteiger partial charge is 0.335 e. The standard InChI is InChI=1S/C31H27ClN2O3S/c1-19-4-5-20(15-27(19)31(35)36)14-25-16-24-17-28(29(32)18-30(24)33-25)23-8-6-21(7-9-23)22-10-12-26(13-11-22)37-38-34(2)3/h4-13,15-18,33H,14H2,1-3H3,(H,35,36). The average molecular weight is 543 g/mol. The minimum absolute atomic E-state index is 0.333. The van der Waals surface area contributed by atoms with Gasteiger partial charge < -0.3 is 14.3 Å².